The zero-order chi connectivity index (χ0) is 18.9. The monoisotopic (exact) mass is 354 g/mol. The largest absolute Gasteiger partial charge is 0.490 e. The van der Waals surface area contributed by atoms with E-state index in [2.05, 4.69) is 17.4 Å². The van der Waals surface area contributed by atoms with Gasteiger partial charge >= 0.3 is 0 Å². The number of ether oxygens (including phenoxy) is 2. The molecule has 2 rings (SSSR count). The average Bonchev–Trinajstić information content (AvgIpc) is 2.66. The molecule has 2 N–H and O–H groups in total. The van der Waals surface area contributed by atoms with Crippen LogP contribution in [0.15, 0.2) is 61.2 Å². The Labute approximate surface area is 152 Å². The first kappa shape index (κ1) is 19.1. The zero-order valence-electron chi connectivity index (χ0n) is 14.8. The van der Waals surface area contributed by atoms with Crippen LogP contribution in [-0.2, 0) is 4.79 Å². The van der Waals surface area contributed by atoms with Crippen LogP contribution in [0, 0.1) is 6.92 Å². The van der Waals surface area contributed by atoms with Gasteiger partial charge in [-0.3, -0.25) is 20.4 Å². The van der Waals surface area contributed by atoms with Crippen LogP contribution in [-0.4, -0.2) is 24.5 Å². The summed E-state index contributed by atoms with van der Waals surface area (Å²) < 4.78 is 11.0. The predicted molar refractivity (Wildman–Crippen MR) is 99.0 cm³/mol. The Balaban J connectivity index is 1.85. The summed E-state index contributed by atoms with van der Waals surface area (Å²) in [4.78, 5) is 24.2. The highest BCUT2D eigenvalue weighted by molar-refractivity contribution is 5.95. The second-order valence-electron chi connectivity index (χ2n) is 5.59. The Kier molecular flexibility index (Phi) is 6.79. The molecule has 1 unspecified atom stereocenters. The van der Waals surface area contributed by atoms with E-state index in [1.165, 1.54) is 0 Å². The number of carbonyl (C=O) groups excluding carboxylic acids is 2. The highest BCUT2D eigenvalue weighted by Gasteiger charge is 2.16. The number of aryl methyl sites for hydroxylation is 1. The minimum Gasteiger partial charge on any atom is -0.490 e. The number of nitrogens with one attached hydrogen (secondary N) is 2. The molecule has 6 heteroatoms. The van der Waals surface area contributed by atoms with Gasteiger partial charge in [0.25, 0.3) is 11.8 Å². The molecule has 0 aliphatic heterocycles. The van der Waals surface area contributed by atoms with E-state index in [9.17, 15) is 9.59 Å². The number of carbonyl (C=O) groups is 2. The summed E-state index contributed by atoms with van der Waals surface area (Å²) in [5.74, 6) is 0.367. The second kappa shape index (κ2) is 9.27. The average molecular weight is 354 g/mol. The highest BCUT2D eigenvalue weighted by atomic mass is 16.5. The zero-order valence-corrected chi connectivity index (χ0v) is 14.8. The molecule has 0 radical (unpaired) electrons. The molecule has 2 aromatic rings. The van der Waals surface area contributed by atoms with Gasteiger partial charge in [-0.25, -0.2) is 0 Å². The minimum absolute atomic E-state index is 0.389. The van der Waals surface area contributed by atoms with Crippen LogP contribution in [0.2, 0.25) is 0 Å². The van der Waals surface area contributed by atoms with Crippen molar-refractivity contribution < 1.29 is 19.1 Å². The number of hydrazine groups is 1. The van der Waals surface area contributed by atoms with E-state index in [0.29, 0.717) is 23.7 Å². The standard InChI is InChI=1S/C20H22N2O4/c1-4-13-25-17-11-9-16(10-12-17)20(24)22-21-19(23)15(3)26-18-8-6-5-7-14(18)2/h4-12,15H,1,13H2,2-3H3,(H,21,23)(H,22,24). The lowest BCUT2D eigenvalue weighted by molar-refractivity contribution is -0.128. The Morgan fingerprint density at radius 1 is 1.12 bits per heavy atom. The third-order valence-corrected chi connectivity index (χ3v) is 3.55. The first-order valence-corrected chi connectivity index (χ1v) is 8.17. The fourth-order valence-electron chi connectivity index (χ4n) is 2.08. The van der Waals surface area contributed by atoms with Gasteiger partial charge in [0.2, 0.25) is 0 Å². The Morgan fingerprint density at radius 3 is 2.46 bits per heavy atom. The number of rotatable bonds is 7. The molecule has 0 fully saturated rings. The van der Waals surface area contributed by atoms with Crippen molar-refractivity contribution in [3.05, 3.63) is 72.3 Å². The number of amides is 2. The molecular formula is C20H22N2O4. The molecule has 26 heavy (non-hydrogen) atoms. The molecule has 6 nitrogen and oxygen atoms in total. The lowest BCUT2D eigenvalue weighted by Crippen LogP contribution is -2.47. The SMILES string of the molecule is C=CCOc1ccc(C(=O)NNC(=O)C(C)Oc2ccccc2C)cc1. The Bertz CT molecular complexity index is 772. The topological polar surface area (TPSA) is 76.7 Å². The van der Waals surface area contributed by atoms with Gasteiger partial charge in [0, 0.05) is 5.56 Å². The van der Waals surface area contributed by atoms with E-state index in [1.54, 1.807) is 43.3 Å². The lowest BCUT2D eigenvalue weighted by Gasteiger charge is -2.16. The van der Waals surface area contributed by atoms with Crippen LogP contribution in [0.4, 0.5) is 0 Å². The van der Waals surface area contributed by atoms with Gasteiger partial charge in [-0.05, 0) is 49.7 Å². The summed E-state index contributed by atoms with van der Waals surface area (Å²) >= 11 is 0. The highest BCUT2D eigenvalue weighted by Crippen LogP contribution is 2.17. The fourth-order valence-corrected chi connectivity index (χ4v) is 2.08. The van der Waals surface area contributed by atoms with Crippen LogP contribution >= 0.6 is 0 Å². The van der Waals surface area contributed by atoms with Gasteiger partial charge in [-0.2, -0.15) is 0 Å². The first-order chi connectivity index (χ1) is 12.5. The van der Waals surface area contributed by atoms with Gasteiger partial charge in [0.05, 0.1) is 0 Å². The third kappa shape index (κ3) is 5.37. The molecule has 136 valence electrons. The first-order valence-electron chi connectivity index (χ1n) is 8.17. The van der Waals surface area contributed by atoms with Crippen LogP contribution < -0.4 is 20.3 Å². The third-order valence-electron chi connectivity index (χ3n) is 3.55. The van der Waals surface area contributed by atoms with Gasteiger partial charge in [-0.15, -0.1) is 0 Å². The number of hydrogen-bond acceptors (Lipinski definition) is 4. The minimum atomic E-state index is -0.758. The summed E-state index contributed by atoms with van der Waals surface area (Å²) in [6.07, 6.45) is 0.877. The molecule has 2 amide bonds. The van der Waals surface area contributed by atoms with E-state index in [1.807, 2.05) is 25.1 Å². The van der Waals surface area contributed by atoms with Crippen molar-refractivity contribution in [1.82, 2.24) is 10.9 Å². The van der Waals surface area contributed by atoms with E-state index in [4.69, 9.17) is 9.47 Å². The molecule has 0 heterocycles. The molecule has 0 saturated heterocycles. The summed E-state index contributed by atoms with van der Waals surface area (Å²) in [7, 11) is 0. The summed E-state index contributed by atoms with van der Waals surface area (Å²) in [5.41, 5.74) is 6.05. The van der Waals surface area contributed by atoms with E-state index in [0.717, 1.165) is 5.56 Å². The molecule has 0 aliphatic carbocycles. The van der Waals surface area contributed by atoms with Crippen molar-refractivity contribution in [2.45, 2.75) is 20.0 Å². The molecule has 0 saturated carbocycles. The smallest absolute Gasteiger partial charge is 0.279 e. The second-order valence-corrected chi connectivity index (χ2v) is 5.59. The van der Waals surface area contributed by atoms with E-state index in [-0.39, 0.29) is 0 Å². The summed E-state index contributed by atoms with van der Waals surface area (Å²) in [5, 5.41) is 0. The Morgan fingerprint density at radius 2 is 1.81 bits per heavy atom. The summed E-state index contributed by atoms with van der Waals surface area (Å²) in [6, 6.07) is 13.9. The van der Waals surface area contributed by atoms with Crippen molar-refractivity contribution in [1.29, 1.82) is 0 Å². The maximum absolute atomic E-state index is 12.1. The molecule has 1 atom stereocenters. The molecule has 2 aromatic carbocycles. The van der Waals surface area contributed by atoms with Crippen molar-refractivity contribution in [2.75, 3.05) is 6.61 Å². The van der Waals surface area contributed by atoms with Crippen molar-refractivity contribution >= 4 is 11.8 Å². The van der Waals surface area contributed by atoms with Crippen molar-refractivity contribution in [2.24, 2.45) is 0 Å². The Hall–Kier alpha value is -3.28. The molecule has 0 aromatic heterocycles. The number of hydrogen-bond donors (Lipinski definition) is 2. The van der Waals surface area contributed by atoms with Crippen LogP contribution in [0.5, 0.6) is 11.5 Å². The molecule has 0 aliphatic rings. The van der Waals surface area contributed by atoms with Gasteiger partial charge in [0.1, 0.15) is 18.1 Å². The van der Waals surface area contributed by atoms with Crippen LogP contribution in [0.25, 0.3) is 0 Å². The predicted octanol–water partition coefficient (Wildman–Crippen LogP) is 2.79. The normalized spacial score (nSPS) is 11.2. The molecule has 0 spiro atoms. The van der Waals surface area contributed by atoms with Crippen molar-refractivity contribution in [3.63, 3.8) is 0 Å². The number of para-hydroxylation sites is 1. The fraction of sp³-hybridized carbons (Fsp3) is 0.200. The van der Waals surface area contributed by atoms with E-state index < -0.39 is 17.9 Å². The van der Waals surface area contributed by atoms with Crippen LogP contribution in [0.3, 0.4) is 0 Å². The lowest BCUT2D eigenvalue weighted by atomic mass is 10.2. The maximum Gasteiger partial charge on any atom is 0.279 e. The van der Waals surface area contributed by atoms with Gasteiger partial charge in [-0.1, -0.05) is 30.9 Å². The van der Waals surface area contributed by atoms with Crippen LogP contribution in [0.1, 0.15) is 22.8 Å². The maximum atomic E-state index is 12.1. The van der Waals surface area contributed by atoms with E-state index >= 15 is 0 Å². The van der Waals surface area contributed by atoms with Crippen molar-refractivity contribution in [3.8, 4) is 11.5 Å². The molecular weight excluding hydrogens is 332 g/mol. The summed E-state index contributed by atoms with van der Waals surface area (Å²) in [6.45, 7) is 7.46. The van der Waals surface area contributed by atoms with Gasteiger partial charge < -0.3 is 9.47 Å². The number of benzene rings is 2. The van der Waals surface area contributed by atoms with Gasteiger partial charge in [0.15, 0.2) is 6.10 Å². The molecule has 0 bridgehead atoms. The quantitative estimate of drug-likeness (QED) is 0.592.